The molecule has 2 unspecified atom stereocenters. The van der Waals surface area contributed by atoms with Crippen molar-refractivity contribution < 1.29 is 8.78 Å². The fourth-order valence-corrected chi connectivity index (χ4v) is 2.24. The van der Waals surface area contributed by atoms with Crippen molar-refractivity contribution in [1.82, 2.24) is 5.43 Å². The van der Waals surface area contributed by atoms with Crippen molar-refractivity contribution in [3.8, 4) is 0 Å². The van der Waals surface area contributed by atoms with Crippen molar-refractivity contribution in [3.63, 3.8) is 0 Å². The summed E-state index contributed by atoms with van der Waals surface area (Å²) in [6.45, 7) is 4.18. The van der Waals surface area contributed by atoms with Crippen LogP contribution in [0, 0.1) is 17.6 Å². The van der Waals surface area contributed by atoms with E-state index in [-0.39, 0.29) is 22.5 Å². The summed E-state index contributed by atoms with van der Waals surface area (Å²) in [5, 5.41) is 0. The first kappa shape index (κ1) is 15.5. The number of hydrazine groups is 1. The van der Waals surface area contributed by atoms with E-state index in [1.54, 1.807) is 0 Å². The zero-order valence-corrected chi connectivity index (χ0v) is 12.2. The normalized spacial score (nSPS) is 14.6. The predicted molar refractivity (Wildman–Crippen MR) is 72.9 cm³/mol. The molecule has 0 fully saturated rings. The maximum atomic E-state index is 13.8. The molecule has 1 rings (SSSR count). The molecular formula is C13H19BrF2N2. The van der Waals surface area contributed by atoms with E-state index in [1.165, 1.54) is 12.1 Å². The highest BCUT2D eigenvalue weighted by molar-refractivity contribution is 9.10. The Hall–Kier alpha value is -0.520. The molecule has 0 aliphatic heterocycles. The van der Waals surface area contributed by atoms with Crippen molar-refractivity contribution in [2.45, 2.75) is 39.2 Å². The van der Waals surface area contributed by atoms with Crippen LogP contribution >= 0.6 is 15.9 Å². The number of rotatable bonds is 6. The van der Waals surface area contributed by atoms with Crippen LogP contribution in [-0.4, -0.2) is 6.04 Å². The van der Waals surface area contributed by atoms with Crippen LogP contribution in [0.25, 0.3) is 0 Å². The zero-order chi connectivity index (χ0) is 13.7. The van der Waals surface area contributed by atoms with Crippen LogP contribution < -0.4 is 11.3 Å². The molecular weight excluding hydrogens is 302 g/mol. The molecule has 0 radical (unpaired) electrons. The first-order valence-corrected chi connectivity index (χ1v) is 6.87. The van der Waals surface area contributed by atoms with E-state index in [0.717, 1.165) is 12.8 Å². The molecule has 0 saturated heterocycles. The van der Waals surface area contributed by atoms with Gasteiger partial charge < -0.3 is 0 Å². The Bertz CT molecular complexity index is 399. The molecule has 0 amide bonds. The third-order valence-electron chi connectivity index (χ3n) is 3.21. The van der Waals surface area contributed by atoms with Crippen LogP contribution in [0.15, 0.2) is 16.6 Å². The summed E-state index contributed by atoms with van der Waals surface area (Å²) >= 11 is 3.06. The van der Waals surface area contributed by atoms with Gasteiger partial charge in [-0.15, -0.1) is 0 Å². The van der Waals surface area contributed by atoms with Gasteiger partial charge in [-0.3, -0.25) is 11.3 Å². The summed E-state index contributed by atoms with van der Waals surface area (Å²) in [6, 6.07) is 2.51. The number of halogens is 3. The van der Waals surface area contributed by atoms with Crippen molar-refractivity contribution in [3.05, 3.63) is 33.8 Å². The van der Waals surface area contributed by atoms with Crippen molar-refractivity contribution in [2.75, 3.05) is 0 Å². The average Bonchev–Trinajstić information content (AvgIpc) is 2.37. The largest absolute Gasteiger partial charge is 0.271 e. The molecule has 2 atom stereocenters. The lowest BCUT2D eigenvalue weighted by atomic mass is 9.94. The molecule has 102 valence electrons. The van der Waals surface area contributed by atoms with E-state index in [9.17, 15) is 8.78 Å². The third kappa shape index (κ3) is 4.00. The lowest BCUT2D eigenvalue weighted by Gasteiger charge is -2.20. The summed E-state index contributed by atoms with van der Waals surface area (Å²) in [7, 11) is 0. The molecule has 0 aliphatic carbocycles. The number of nitrogens with one attached hydrogen (secondary N) is 1. The van der Waals surface area contributed by atoms with Gasteiger partial charge >= 0.3 is 0 Å². The highest BCUT2D eigenvalue weighted by Gasteiger charge is 2.18. The molecule has 3 N–H and O–H groups in total. The first-order chi connectivity index (χ1) is 8.49. The quantitative estimate of drug-likeness (QED) is 0.478. The second-order valence-electron chi connectivity index (χ2n) is 4.64. The predicted octanol–water partition coefficient (Wildman–Crippen LogP) is 3.54. The Morgan fingerprint density at radius 1 is 1.39 bits per heavy atom. The number of nitrogens with two attached hydrogens (primary N) is 1. The minimum absolute atomic E-state index is 0.0793. The minimum Gasteiger partial charge on any atom is -0.271 e. The van der Waals surface area contributed by atoms with Gasteiger partial charge in [0.1, 0.15) is 11.6 Å². The summed E-state index contributed by atoms with van der Waals surface area (Å²) in [5.41, 5.74) is 2.72. The van der Waals surface area contributed by atoms with E-state index < -0.39 is 11.6 Å². The molecule has 0 aromatic heterocycles. The Morgan fingerprint density at radius 2 is 2.06 bits per heavy atom. The monoisotopic (exact) mass is 320 g/mol. The summed E-state index contributed by atoms with van der Waals surface area (Å²) in [4.78, 5) is 0. The van der Waals surface area contributed by atoms with Gasteiger partial charge in [-0.25, -0.2) is 8.78 Å². The van der Waals surface area contributed by atoms with Crippen LogP contribution in [0.4, 0.5) is 8.78 Å². The highest BCUT2D eigenvalue weighted by atomic mass is 79.9. The van der Waals surface area contributed by atoms with Crippen LogP contribution in [0.5, 0.6) is 0 Å². The van der Waals surface area contributed by atoms with Gasteiger partial charge in [0, 0.05) is 11.6 Å². The third-order valence-corrected chi connectivity index (χ3v) is 3.82. The standard InChI is InChI=1S/C13H19BrF2N2/c1-3-8(2)6-9(18-17)7-10-12(15)5-4-11(14)13(10)16/h4-5,8-9,18H,3,6-7,17H2,1-2H3. The van der Waals surface area contributed by atoms with E-state index >= 15 is 0 Å². The van der Waals surface area contributed by atoms with Crippen LogP contribution in [0.1, 0.15) is 32.3 Å². The zero-order valence-electron chi connectivity index (χ0n) is 10.6. The van der Waals surface area contributed by atoms with E-state index in [1.807, 2.05) is 0 Å². The fourth-order valence-electron chi connectivity index (χ4n) is 1.87. The second-order valence-corrected chi connectivity index (χ2v) is 5.49. The summed E-state index contributed by atoms with van der Waals surface area (Å²) in [6.07, 6.45) is 2.05. The molecule has 0 heterocycles. The molecule has 1 aromatic rings. The van der Waals surface area contributed by atoms with Gasteiger partial charge in [-0.2, -0.15) is 0 Å². The smallest absolute Gasteiger partial charge is 0.143 e. The number of hydrogen-bond donors (Lipinski definition) is 2. The van der Waals surface area contributed by atoms with Crippen molar-refractivity contribution in [1.29, 1.82) is 0 Å². The Morgan fingerprint density at radius 3 is 2.61 bits per heavy atom. The van der Waals surface area contributed by atoms with Gasteiger partial charge in [0.25, 0.3) is 0 Å². The van der Waals surface area contributed by atoms with Gasteiger partial charge in [0.2, 0.25) is 0 Å². The van der Waals surface area contributed by atoms with Crippen molar-refractivity contribution >= 4 is 15.9 Å². The molecule has 0 spiro atoms. The Labute approximate surface area is 115 Å². The fraction of sp³-hybridized carbons (Fsp3) is 0.538. The van der Waals surface area contributed by atoms with Crippen LogP contribution in [0.2, 0.25) is 0 Å². The Kier molecular flexibility index (Phi) is 6.18. The van der Waals surface area contributed by atoms with Gasteiger partial charge in [0.15, 0.2) is 0 Å². The molecule has 1 aromatic carbocycles. The SMILES string of the molecule is CCC(C)CC(Cc1c(F)ccc(Br)c1F)NN. The topological polar surface area (TPSA) is 38.0 Å². The maximum absolute atomic E-state index is 13.8. The number of benzene rings is 1. The highest BCUT2D eigenvalue weighted by Crippen LogP contribution is 2.24. The minimum atomic E-state index is -0.542. The molecule has 0 saturated carbocycles. The van der Waals surface area contributed by atoms with E-state index in [4.69, 9.17) is 5.84 Å². The summed E-state index contributed by atoms with van der Waals surface area (Å²) < 4.78 is 27.7. The van der Waals surface area contributed by atoms with Crippen LogP contribution in [-0.2, 0) is 6.42 Å². The Balaban J connectivity index is 2.85. The average molecular weight is 321 g/mol. The van der Waals surface area contributed by atoms with E-state index in [0.29, 0.717) is 5.92 Å². The molecule has 5 heteroatoms. The number of hydrogen-bond acceptors (Lipinski definition) is 2. The lowest BCUT2D eigenvalue weighted by molar-refractivity contribution is 0.387. The first-order valence-electron chi connectivity index (χ1n) is 6.08. The lowest BCUT2D eigenvalue weighted by Crippen LogP contribution is -2.38. The van der Waals surface area contributed by atoms with E-state index in [2.05, 4.69) is 35.2 Å². The molecule has 0 aliphatic rings. The molecule has 18 heavy (non-hydrogen) atoms. The maximum Gasteiger partial charge on any atom is 0.143 e. The summed E-state index contributed by atoms with van der Waals surface area (Å²) in [5.74, 6) is 4.85. The molecule has 2 nitrogen and oxygen atoms in total. The second kappa shape index (κ2) is 7.16. The van der Waals surface area contributed by atoms with Crippen molar-refractivity contribution in [2.24, 2.45) is 11.8 Å². The molecule has 0 bridgehead atoms. The van der Waals surface area contributed by atoms with Gasteiger partial charge in [-0.05, 0) is 46.8 Å². The van der Waals surface area contributed by atoms with Gasteiger partial charge in [-0.1, -0.05) is 20.3 Å². The van der Waals surface area contributed by atoms with Crippen LogP contribution in [0.3, 0.4) is 0 Å². The van der Waals surface area contributed by atoms with Gasteiger partial charge in [0.05, 0.1) is 4.47 Å².